The Morgan fingerprint density at radius 3 is 2.18 bits per heavy atom. The van der Waals surface area contributed by atoms with E-state index in [2.05, 4.69) is 15.9 Å². The molecule has 0 heterocycles. The molecule has 0 atom stereocenters. The minimum Gasteiger partial charge on any atom is -0.429 e. The van der Waals surface area contributed by atoms with Gasteiger partial charge in [-0.3, -0.25) is 0 Å². The Morgan fingerprint density at radius 2 is 1.91 bits per heavy atom. The van der Waals surface area contributed by atoms with Crippen molar-refractivity contribution < 1.29 is 10.0 Å². The Bertz CT molecular complexity index is 192. The number of benzene rings is 1. The zero-order valence-corrected chi connectivity index (χ0v) is 7.88. The summed E-state index contributed by atoms with van der Waals surface area (Å²) >= 11 is 8.89. The van der Waals surface area contributed by atoms with Crippen molar-refractivity contribution in [3.05, 3.63) is 33.8 Å². The number of hydrogen-bond acceptors (Lipinski definition) is 2. The van der Waals surface area contributed by atoms with Crippen LogP contribution in [0.4, 0.5) is 0 Å². The first-order valence-corrected chi connectivity index (χ1v) is 3.89. The normalized spacial score (nSPS) is 8.00. The molecule has 11 heavy (non-hydrogen) atoms. The van der Waals surface area contributed by atoms with Crippen LogP contribution in [0.1, 0.15) is 0 Å². The van der Waals surface area contributed by atoms with Gasteiger partial charge < -0.3 is 10.0 Å². The molecule has 0 amide bonds. The molecular weight excluding hydrogens is 230 g/mol. The van der Waals surface area contributed by atoms with E-state index >= 15 is 0 Å². The van der Waals surface area contributed by atoms with Crippen LogP contribution < -0.4 is 0 Å². The second kappa shape index (κ2) is 6.67. The third-order valence-corrected chi connectivity index (χ3v) is 1.52. The van der Waals surface area contributed by atoms with E-state index in [0.29, 0.717) is 0 Å². The van der Waals surface area contributed by atoms with Crippen molar-refractivity contribution in [2.24, 2.45) is 0 Å². The Balaban J connectivity index is 0.000000292. The molecule has 0 fully saturated rings. The van der Waals surface area contributed by atoms with Crippen molar-refractivity contribution in [1.29, 1.82) is 0 Å². The van der Waals surface area contributed by atoms with Crippen LogP contribution in [0, 0.1) is 0 Å². The molecule has 2 nitrogen and oxygen atoms in total. The molecule has 59 valence electrons. The summed E-state index contributed by atoms with van der Waals surface area (Å²) in [4.78, 5) is 0. The van der Waals surface area contributed by atoms with E-state index in [1.807, 2.05) is 24.3 Å². The van der Waals surface area contributed by atoms with E-state index in [1.54, 1.807) is 0 Å². The van der Waals surface area contributed by atoms with Gasteiger partial charge in [0.25, 0.3) is 0 Å². The van der Waals surface area contributed by atoms with Crippen molar-refractivity contribution in [2.75, 3.05) is 0 Å². The van der Waals surface area contributed by atoms with Crippen LogP contribution in [0.5, 0.6) is 0 Å². The molecule has 1 aromatic rings. The third-order valence-electron chi connectivity index (χ3n) is 0.787. The number of rotatable bonds is 0. The molecule has 0 aromatic heterocycles. The fraction of sp³-hybridized carbons (Fsp3) is 0. The molecular formula is C6H6BBrClO2. The van der Waals surface area contributed by atoms with E-state index in [4.69, 9.17) is 21.6 Å². The maximum absolute atomic E-state index is 7.00. The van der Waals surface area contributed by atoms with Crippen LogP contribution >= 0.6 is 27.5 Å². The van der Waals surface area contributed by atoms with Crippen molar-refractivity contribution in [3.8, 4) is 0 Å². The molecule has 0 bridgehead atoms. The lowest BCUT2D eigenvalue weighted by molar-refractivity contribution is 0.448. The summed E-state index contributed by atoms with van der Waals surface area (Å²) in [6.07, 6.45) is 0. The van der Waals surface area contributed by atoms with Crippen LogP contribution in [0.3, 0.4) is 0 Å². The summed E-state index contributed by atoms with van der Waals surface area (Å²) in [6, 6.07) is 7.52. The third kappa shape index (κ3) is 6.38. The molecule has 2 N–H and O–H groups in total. The summed E-state index contributed by atoms with van der Waals surface area (Å²) in [7, 11) is 0. The molecule has 0 spiro atoms. The Kier molecular flexibility index (Phi) is 6.66. The Hall–Kier alpha value is -0.0251. The zero-order chi connectivity index (χ0) is 8.69. The number of halogens is 2. The first kappa shape index (κ1) is 11.0. The maximum Gasteiger partial charge on any atom is 0.482 e. The summed E-state index contributed by atoms with van der Waals surface area (Å²) < 4.78 is 1.02. The average molecular weight is 236 g/mol. The quantitative estimate of drug-likeness (QED) is 0.672. The molecule has 5 heteroatoms. The minimum absolute atomic E-state index is 0. The van der Waals surface area contributed by atoms with Gasteiger partial charge in [-0.05, 0) is 18.2 Å². The Labute approximate surface area is 79.3 Å². The van der Waals surface area contributed by atoms with Gasteiger partial charge >= 0.3 is 7.69 Å². The van der Waals surface area contributed by atoms with E-state index in [9.17, 15) is 0 Å². The van der Waals surface area contributed by atoms with Crippen LogP contribution in [0.2, 0.25) is 5.02 Å². The lowest BCUT2D eigenvalue weighted by atomic mass is 10.4. The van der Waals surface area contributed by atoms with Crippen molar-refractivity contribution in [1.82, 2.24) is 0 Å². The van der Waals surface area contributed by atoms with Gasteiger partial charge in [0.15, 0.2) is 0 Å². The fourth-order valence-electron chi connectivity index (χ4n) is 0.460. The van der Waals surface area contributed by atoms with E-state index in [0.717, 1.165) is 9.50 Å². The second-order valence-corrected chi connectivity index (χ2v) is 2.91. The average Bonchev–Trinajstić information content (AvgIpc) is 1.88. The van der Waals surface area contributed by atoms with Gasteiger partial charge in [-0.15, -0.1) is 0 Å². The van der Waals surface area contributed by atoms with Crippen molar-refractivity contribution in [2.45, 2.75) is 0 Å². The largest absolute Gasteiger partial charge is 0.482 e. The molecule has 1 radical (unpaired) electrons. The summed E-state index contributed by atoms with van der Waals surface area (Å²) in [5, 5.41) is 14.8. The molecule has 1 rings (SSSR count). The molecule has 0 aliphatic rings. The zero-order valence-electron chi connectivity index (χ0n) is 5.54. The SMILES string of the molecule is Clc1cccc(Br)c1.O[B]O. The van der Waals surface area contributed by atoms with E-state index < -0.39 is 0 Å². The highest BCUT2D eigenvalue weighted by Gasteiger charge is 1.84. The lowest BCUT2D eigenvalue weighted by Gasteiger charge is -1.87. The fourth-order valence-corrected chi connectivity index (χ4v) is 1.18. The second-order valence-electron chi connectivity index (χ2n) is 1.56. The van der Waals surface area contributed by atoms with Gasteiger partial charge in [-0.2, -0.15) is 0 Å². The molecule has 1 aromatic carbocycles. The van der Waals surface area contributed by atoms with Crippen molar-refractivity contribution in [3.63, 3.8) is 0 Å². The Morgan fingerprint density at radius 1 is 1.36 bits per heavy atom. The first-order valence-electron chi connectivity index (χ1n) is 2.72. The molecule has 0 saturated carbocycles. The van der Waals surface area contributed by atoms with Gasteiger partial charge in [-0.1, -0.05) is 33.6 Å². The standard InChI is InChI=1S/C6H4BrCl.BH2O2/c7-5-2-1-3-6(8)4-5;2-1-3/h1-4H;2-3H. The lowest BCUT2D eigenvalue weighted by Crippen LogP contribution is -1.75. The molecule has 0 unspecified atom stereocenters. The highest BCUT2D eigenvalue weighted by Crippen LogP contribution is 2.14. The van der Waals surface area contributed by atoms with Crippen LogP contribution in [0.15, 0.2) is 28.7 Å². The monoisotopic (exact) mass is 235 g/mol. The van der Waals surface area contributed by atoms with Gasteiger partial charge in [0.2, 0.25) is 0 Å². The predicted octanol–water partition coefficient (Wildman–Crippen LogP) is 1.61. The van der Waals surface area contributed by atoms with Crippen molar-refractivity contribution >= 4 is 35.2 Å². The van der Waals surface area contributed by atoms with Gasteiger partial charge in [0.05, 0.1) is 0 Å². The maximum atomic E-state index is 7.00. The smallest absolute Gasteiger partial charge is 0.429 e. The van der Waals surface area contributed by atoms with Gasteiger partial charge in [-0.25, -0.2) is 0 Å². The van der Waals surface area contributed by atoms with Crippen LogP contribution in [0.25, 0.3) is 0 Å². The number of hydrogen-bond donors (Lipinski definition) is 2. The highest BCUT2D eigenvalue weighted by atomic mass is 79.9. The minimum atomic E-state index is 0. The summed E-state index contributed by atoms with van der Waals surface area (Å²) in [5.74, 6) is 0. The first-order chi connectivity index (χ1) is 5.20. The van der Waals surface area contributed by atoms with Gasteiger partial charge in [0.1, 0.15) is 0 Å². The molecule has 0 aliphatic heterocycles. The van der Waals surface area contributed by atoms with E-state index in [1.165, 1.54) is 0 Å². The van der Waals surface area contributed by atoms with Crippen LogP contribution in [-0.4, -0.2) is 17.7 Å². The predicted molar refractivity (Wildman–Crippen MR) is 49.3 cm³/mol. The topological polar surface area (TPSA) is 40.5 Å². The van der Waals surface area contributed by atoms with E-state index in [-0.39, 0.29) is 7.69 Å². The van der Waals surface area contributed by atoms with Crippen LogP contribution in [-0.2, 0) is 0 Å². The highest BCUT2D eigenvalue weighted by molar-refractivity contribution is 9.10. The summed E-state index contributed by atoms with van der Waals surface area (Å²) in [5.41, 5.74) is 0. The molecule has 0 aliphatic carbocycles. The molecule has 0 saturated heterocycles. The van der Waals surface area contributed by atoms with Gasteiger partial charge in [0, 0.05) is 9.50 Å². The summed E-state index contributed by atoms with van der Waals surface area (Å²) in [6.45, 7) is 0.